The fraction of sp³-hybridized carbons (Fsp3) is 0.704. The Hall–Kier alpha value is -2.66. The van der Waals surface area contributed by atoms with Gasteiger partial charge in [0.25, 0.3) is 5.91 Å². The highest BCUT2D eigenvalue weighted by Gasteiger charge is 2.29. The normalized spacial score (nSPS) is 15.3. The third-order valence-corrected chi connectivity index (χ3v) is 8.17. The van der Waals surface area contributed by atoms with Crippen molar-refractivity contribution in [3.05, 3.63) is 18.0 Å². The van der Waals surface area contributed by atoms with Gasteiger partial charge >= 0.3 is 6.09 Å². The van der Waals surface area contributed by atoms with Gasteiger partial charge in [-0.25, -0.2) is 14.8 Å². The molecule has 1 saturated heterocycles. The fourth-order valence-electron chi connectivity index (χ4n) is 4.31. The third kappa shape index (κ3) is 8.17. The summed E-state index contributed by atoms with van der Waals surface area (Å²) >= 11 is 0. The lowest BCUT2D eigenvalue weighted by molar-refractivity contribution is 0.0205. The number of nitrogens with one attached hydrogen (secondary N) is 1. The lowest BCUT2D eigenvalue weighted by Gasteiger charge is -2.37. The largest absolute Gasteiger partial charge is 0.444 e. The summed E-state index contributed by atoms with van der Waals surface area (Å²) in [6.07, 6.45) is 4.86. The first-order chi connectivity index (χ1) is 17.6. The van der Waals surface area contributed by atoms with E-state index in [1.165, 1.54) is 0 Å². The number of nitrogens with zero attached hydrogens (tertiary/aromatic N) is 5. The zero-order valence-corrected chi connectivity index (χ0v) is 25.6. The fourth-order valence-corrected chi connectivity index (χ4v) is 5.06. The van der Waals surface area contributed by atoms with Crippen LogP contribution in [0, 0.1) is 0 Å². The van der Waals surface area contributed by atoms with E-state index in [0.717, 1.165) is 18.9 Å². The maximum atomic E-state index is 13.0. The molecule has 0 bridgehead atoms. The summed E-state index contributed by atoms with van der Waals surface area (Å²) in [5.41, 5.74) is 1.17. The summed E-state index contributed by atoms with van der Waals surface area (Å²) in [7, 11) is 0.795. The van der Waals surface area contributed by atoms with E-state index in [9.17, 15) is 9.59 Å². The monoisotopic (exact) mass is 546 g/mol. The number of ether oxygens (including phenoxy) is 2. The number of anilines is 1. The summed E-state index contributed by atoms with van der Waals surface area (Å²) in [6.45, 7) is 18.7. The molecule has 1 aliphatic heterocycles. The van der Waals surface area contributed by atoms with Gasteiger partial charge in [-0.2, -0.15) is 0 Å². The molecular weight excluding hydrogens is 500 g/mol. The number of fused-ring (bicyclic) bond motifs is 1. The van der Waals surface area contributed by atoms with Gasteiger partial charge in [0.05, 0.1) is 11.8 Å². The number of amides is 2. The molecule has 10 nitrogen and oxygen atoms in total. The summed E-state index contributed by atoms with van der Waals surface area (Å²) < 4.78 is 13.3. The number of rotatable bonds is 9. The second-order valence-electron chi connectivity index (χ2n) is 12.7. The number of piperidine rings is 1. The Labute approximate surface area is 228 Å². The maximum Gasteiger partial charge on any atom is 0.410 e. The molecular formula is C27H46N6O4Si. The number of likely N-dealkylation sites (tertiary alicyclic amines) is 1. The summed E-state index contributed by atoms with van der Waals surface area (Å²) in [6, 6.07) is 1.27. The first-order valence-corrected chi connectivity index (χ1v) is 17.3. The highest BCUT2D eigenvalue weighted by atomic mass is 28.3. The Balaban J connectivity index is 1.77. The van der Waals surface area contributed by atoms with Gasteiger partial charge in [0.15, 0.2) is 5.65 Å². The molecule has 2 aromatic heterocycles. The van der Waals surface area contributed by atoms with Crippen LogP contribution < -0.4 is 10.2 Å². The predicted molar refractivity (Wildman–Crippen MR) is 153 cm³/mol. The Bertz CT molecular complexity index is 1110. The Morgan fingerprint density at radius 3 is 2.45 bits per heavy atom. The van der Waals surface area contributed by atoms with Gasteiger partial charge in [-0.3, -0.25) is 4.79 Å². The van der Waals surface area contributed by atoms with Gasteiger partial charge in [0.2, 0.25) is 0 Å². The van der Waals surface area contributed by atoms with E-state index in [0.29, 0.717) is 49.0 Å². The SMILES string of the molecule is CC(C)NC(=O)c1cn(COCC[Si](C)(C)C)c2ncc(N(C)C3CCN(C(=O)OC(C)(C)C)CC3)nc12. The first kappa shape index (κ1) is 29.9. The Morgan fingerprint density at radius 1 is 1.21 bits per heavy atom. The molecule has 1 N–H and O–H groups in total. The molecule has 0 aromatic carbocycles. The topological polar surface area (TPSA) is 102 Å². The second-order valence-corrected chi connectivity index (χ2v) is 18.3. The molecule has 212 valence electrons. The summed E-state index contributed by atoms with van der Waals surface area (Å²) in [5.74, 6) is 0.523. The highest BCUT2D eigenvalue weighted by Crippen LogP contribution is 2.25. The van der Waals surface area contributed by atoms with Crippen LogP contribution in [0.2, 0.25) is 25.7 Å². The van der Waals surface area contributed by atoms with E-state index < -0.39 is 13.7 Å². The van der Waals surface area contributed by atoms with Crippen LogP contribution >= 0.6 is 0 Å². The molecule has 1 aliphatic rings. The van der Waals surface area contributed by atoms with Crippen LogP contribution in [-0.4, -0.2) is 83.9 Å². The number of carbonyl (C=O) groups excluding carboxylic acids is 2. The van der Waals surface area contributed by atoms with Crippen molar-refractivity contribution < 1.29 is 19.1 Å². The predicted octanol–water partition coefficient (Wildman–Crippen LogP) is 4.72. The molecule has 3 heterocycles. The summed E-state index contributed by atoms with van der Waals surface area (Å²) in [5, 5.41) is 2.98. The lowest BCUT2D eigenvalue weighted by Crippen LogP contribution is -2.47. The molecule has 1 fully saturated rings. The van der Waals surface area contributed by atoms with Gasteiger partial charge in [-0.1, -0.05) is 19.6 Å². The zero-order chi connectivity index (χ0) is 28.3. The van der Waals surface area contributed by atoms with E-state index >= 15 is 0 Å². The van der Waals surface area contributed by atoms with E-state index in [2.05, 4.69) is 29.9 Å². The zero-order valence-electron chi connectivity index (χ0n) is 24.6. The Morgan fingerprint density at radius 2 is 1.87 bits per heavy atom. The van der Waals surface area contributed by atoms with Crippen molar-refractivity contribution in [2.75, 3.05) is 31.6 Å². The average Bonchev–Trinajstić information content (AvgIpc) is 3.17. The number of hydrogen-bond donors (Lipinski definition) is 1. The van der Waals surface area contributed by atoms with Crippen molar-refractivity contribution in [3.63, 3.8) is 0 Å². The van der Waals surface area contributed by atoms with Gasteiger partial charge in [-0.05, 0) is 53.5 Å². The van der Waals surface area contributed by atoms with E-state index in [4.69, 9.17) is 19.4 Å². The number of hydrogen-bond acceptors (Lipinski definition) is 7. The summed E-state index contributed by atoms with van der Waals surface area (Å²) in [4.78, 5) is 39.0. The van der Waals surface area contributed by atoms with Gasteiger partial charge in [-0.15, -0.1) is 0 Å². The smallest absolute Gasteiger partial charge is 0.410 e. The van der Waals surface area contributed by atoms with E-state index in [1.54, 1.807) is 17.3 Å². The molecule has 0 aliphatic carbocycles. The molecule has 2 aromatic rings. The molecule has 0 unspecified atom stereocenters. The van der Waals surface area contributed by atoms with Crippen molar-refractivity contribution in [1.29, 1.82) is 0 Å². The molecule has 0 saturated carbocycles. The minimum atomic E-state index is -1.20. The molecule has 11 heteroatoms. The quantitative estimate of drug-likeness (QED) is 0.359. The molecule has 3 rings (SSSR count). The van der Waals surface area contributed by atoms with Crippen molar-refractivity contribution in [2.45, 2.75) is 97.6 Å². The van der Waals surface area contributed by atoms with E-state index in [-0.39, 0.29) is 24.1 Å². The van der Waals surface area contributed by atoms with E-state index in [1.807, 2.05) is 46.2 Å². The molecule has 0 atom stereocenters. The van der Waals surface area contributed by atoms with Crippen LogP contribution in [0.1, 0.15) is 57.8 Å². The van der Waals surface area contributed by atoms with Crippen molar-refractivity contribution in [2.24, 2.45) is 0 Å². The average molecular weight is 547 g/mol. The second kappa shape index (κ2) is 12.0. The standard InChI is InChI=1S/C27H46N6O4Si/c1-19(2)29-25(34)21-17-33(18-36-14-15-38(7,8)9)24-23(21)30-22(16-28-24)31(6)20-10-12-32(13-11-20)26(35)37-27(3,4)5/h16-17,19-20H,10-15,18H2,1-9H3,(H,29,34). The van der Waals surface area contributed by atoms with Crippen LogP contribution in [0.15, 0.2) is 12.4 Å². The van der Waals surface area contributed by atoms with Crippen LogP contribution in [0.25, 0.3) is 11.2 Å². The van der Waals surface area contributed by atoms with Gasteiger partial charge in [0, 0.05) is 53.1 Å². The first-order valence-electron chi connectivity index (χ1n) is 13.6. The minimum Gasteiger partial charge on any atom is -0.444 e. The van der Waals surface area contributed by atoms with Gasteiger partial charge in [0.1, 0.15) is 23.7 Å². The van der Waals surface area contributed by atoms with Gasteiger partial charge < -0.3 is 29.2 Å². The molecule has 2 amide bonds. The van der Waals surface area contributed by atoms with Crippen molar-refractivity contribution in [1.82, 2.24) is 24.8 Å². The molecule has 0 spiro atoms. The molecule has 0 radical (unpaired) electrons. The lowest BCUT2D eigenvalue weighted by atomic mass is 10.0. The number of carbonyl (C=O) groups is 2. The third-order valence-electron chi connectivity index (χ3n) is 6.47. The Kier molecular flexibility index (Phi) is 9.46. The van der Waals surface area contributed by atoms with Crippen molar-refractivity contribution in [3.8, 4) is 0 Å². The minimum absolute atomic E-state index is 0.00266. The van der Waals surface area contributed by atoms with Crippen molar-refractivity contribution >= 4 is 37.1 Å². The van der Waals surface area contributed by atoms with Crippen LogP contribution in [0.4, 0.5) is 10.6 Å². The van der Waals surface area contributed by atoms with Crippen LogP contribution in [-0.2, 0) is 16.2 Å². The molecule has 38 heavy (non-hydrogen) atoms. The highest BCUT2D eigenvalue weighted by molar-refractivity contribution is 6.76. The maximum absolute atomic E-state index is 13.0. The van der Waals surface area contributed by atoms with Crippen LogP contribution in [0.5, 0.6) is 0 Å². The van der Waals surface area contributed by atoms with Crippen LogP contribution in [0.3, 0.4) is 0 Å². The number of aromatic nitrogens is 3.